The largest absolute Gasteiger partial charge is 0.444 e. The third-order valence-corrected chi connectivity index (χ3v) is 4.17. The zero-order valence-corrected chi connectivity index (χ0v) is 13.8. The lowest BCUT2D eigenvalue weighted by Gasteiger charge is -2.46. The van der Waals surface area contributed by atoms with Crippen LogP contribution in [-0.4, -0.2) is 41.7 Å². The van der Waals surface area contributed by atoms with Crippen LogP contribution in [0, 0.1) is 13.8 Å². The van der Waals surface area contributed by atoms with E-state index in [1.807, 2.05) is 39.0 Å². The van der Waals surface area contributed by atoms with Gasteiger partial charge < -0.3 is 19.4 Å². The maximum Gasteiger partial charge on any atom is 0.322 e. The lowest BCUT2D eigenvalue weighted by molar-refractivity contribution is -0.0891. The number of rotatable bonds is 3. The average molecular weight is 315 g/mol. The molecule has 0 bridgehead atoms. The van der Waals surface area contributed by atoms with Gasteiger partial charge in [0.1, 0.15) is 11.9 Å². The molecule has 0 unspecified atom stereocenters. The number of ether oxygens (including phenoxy) is 1. The van der Waals surface area contributed by atoms with E-state index in [1.54, 1.807) is 18.3 Å². The number of likely N-dealkylation sites (tertiary alicyclic amines) is 1. The molecule has 6 heteroatoms. The van der Waals surface area contributed by atoms with E-state index in [9.17, 15) is 4.79 Å². The quantitative estimate of drug-likeness (QED) is 0.944. The number of carbonyl (C=O) groups excluding carboxylic acids is 1. The van der Waals surface area contributed by atoms with E-state index in [1.165, 1.54) is 0 Å². The van der Waals surface area contributed by atoms with Crippen LogP contribution in [0.1, 0.15) is 18.2 Å². The SMILES string of the molecule is COC1(C)CN(C(=O)Nc2ccc(C)c(-c3nc(C)co3)c2)C1. The van der Waals surface area contributed by atoms with Crippen LogP contribution in [0.25, 0.3) is 11.5 Å². The zero-order valence-electron chi connectivity index (χ0n) is 13.8. The van der Waals surface area contributed by atoms with E-state index in [0.29, 0.717) is 19.0 Å². The Balaban J connectivity index is 1.73. The first-order valence-electron chi connectivity index (χ1n) is 7.54. The van der Waals surface area contributed by atoms with E-state index in [4.69, 9.17) is 9.15 Å². The second kappa shape index (κ2) is 5.70. The topological polar surface area (TPSA) is 67.6 Å². The molecule has 0 aliphatic carbocycles. The van der Waals surface area contributed by atoms with Gasteiger partial charge in [0, 0.05) is 18.4 Å². The second-order valence-electron chi connectivity index (χ2n) is 6.26. The fourth-order valence-electron chi connectivity index (χ4n) is 2.64. The summed E-state index contributed by atoms with van der Waals surface area (Å²) < 4.78 is 10.8. The van der Waals surface area contributed by atoms with E-state index >= 15 is 0 Å². The summed E-state index contributed by atoms with van der Waals surface area (Å²) in [4.78, 5) is 18.3. The van der Waals surface area contributed by atoms with Gasteiger partial charge >= 0.3 is 6.03 Å². The zero-order chi connectivity index (χ0) is 16.6. The maximum absolute atomic E-state index is 12.3. The highest BCUT2D eigenvalue weighted by atomic mass is 16.5. The molecule has 1 saturated heterocycles. The first-order valence-corrected chi connectivity index (χ1v) is 7.54. The molecule has 1 aliphatic rings. The standard InChI is InChI=1S/C17H21N3O3/c1-11-5-6-13(7-14(11)15-18-12(2)8-23-15)19-16(21)20-9-17(3,10-20)22-4/h5-8H,9-10H2,1-4H3,(H,19,21). The van der Waals surface area contributed by atoms with Crippen LogP contribution in [0.4, 0.5) is 10.5 Å². The van der Waals surface area contributed by atoms with Crippen molar-refractivity contribution in [3.8, 4) is 11.5 Å². The van der Waals surface area contributed by atoms with Crippen molar-refractivity contribution in [1.29, 1.82) is 0 Å². The van der Waals surface area contributed by atoms with E-state index < -0.39 is 0 Å². The Kier molecular flexibility index (Phi) is 3.85. The van der Waals surface area contributed by atoms with Crippen molar-refractivity contribution in [3.63, 3.8) is 0 Å². The highest BCUT2D eigenvalue weighted by Gasteiger charge is 2.41. The van der Waals surface area contributed by atoms with Gasteiger partial charge in [0.2, 0.25) is 5.89 Å². The number of aryl methyl sites for hydroxylation is 2. The smallest absolute Gasteiger partial charge is 0.322 e. The fourth-order valence-corrected chi connectivity index (χ4v) is 2.64. The minimum absolute atomic E-state index is 0.127. The summed E-state index contributed by atoms with van der Waals surface area (Å²) in [5.74, 6) is 0.562. The van der Waals surface area contributed by atoms with Crippen LogP contribution >= 0.6 is 0 Å². The van der Waals surface area contributed by atoms with Gasteiger partial charge in [-0.3, -0.25) is 0 Å². The van der Waals surface area contributed by atoms with Gasteiger partial charge in [-0.25, -0.2) is 9.78 Å². The number of carbonyl (C=O) groups is 1. The Morgan fingerprint density at radius 2 is 2.13 bits per heavy atom. The molecule has 1 aliphatic heterocycles. The molecule has 1 aromatic carbocycles. The van der Waals surface area contributed by atoms with Crippen molar-refractivity contribution in [3.05, 3.63) is 35.7 Å². The molecular formula is C17H21N3O3. The van der Waals surface area contributed by atoms with Crippen molar-refractivity contribution in [2.45, 2.75) is 26.4 Å². The van der Waals surface area contributed by atoms with Gasteiger partial charge in [-0.15, -0.1) is 0 Å². The normalized spacial score (nSPS) is 16.1. The number of hydrogen-bond donors (Lipinski definition) is 1. The number of urea groups is 1. The van der Waals surface area contributed by atoms with Crippen LogP contribution in [0.3, 0.4) is 0 Å². The van der Waals surface area contributed by atoms with Crippen LogP contribution in [-0.2, 0) is 4.74 Å². The molecule has 0 radical (unpaired) electrons. The van der Waals surface area contributed by atoms with Gasteiger partial charge in [0.15, 0.2) is 0 Å². The van der Waals surface area contributed by atoms with Gasteiger partial charge in [0.25, 0.3) is 0 Å². The number of anilines is 1. The number of nitrogens with zero attached hydrogens (tertiary/aromatic N) is 2. The molecule has 23 heavy (non-hydrogen) atoms. The van der Waals surface area contributed by atoms with Crippen molar-refractivity contribution < 1.29 is 13.9 Å². The number of aromatic nitrogens is 1. The molecule has 0 saturated carbocycles. The summed E-state index contributed by atoms with van der Waals surface area (Å²) >= 11 is 0. The number of amides is 2. The van der Waals surface area contributed by atoms with Gasteiger partial charge in [-0.1, -0.05) is 6.07 Å². The van der Waals surface area contributed by atoms with Gasteiger partial charge in [0.05, 0.1) is 18.8 Å². The van der Waals surface area contributed by atoms with E-state index in [2.05, 4.69) is 10.3 Å². The summed E-state index contributed by atoms with van der Waals surface area (Å²) in [7, 11) is 1.67. The number of oxazole rings is 1. The molecule has 0 atom stereocenters. The number of benzene rings is 1. The fraction of sp³-hybridized carbons (Fsp3) is 0.412. The highest BCUT2D eigenvalue weighted by Crippen LogP contribution is 2.28. The van der Waals surface area contributed by atoms with E-state index in [0.717, 1.165) is 22.5 Å². The Morgan fingerprint density at radius 3 is 2.74 bits per heavy atom. The Labute approximate surface area is 135 Å². The molecule has 0 spiro atoms. The monoisotopic (exact) mass is 315 g/mol. The molecule has 2 heterocycles. The first-order chi connectivity index (χ1) is 10.9. The van der Waals surface area contributed by atoms with Crippen molar-refractivity contribution in [2.75, 3.05) is 25.5 Å². The Morgan fingerprint density at radius 1 is 1.39 bits per heavy atom. The number of nitrogens with one attached hydrogen (secondary N) is 1. The molecular weight excluding hydrogens is 294 g/mol. The maximum atomic E-state index is 12.3. The Hall–Kier alpha value is -2.34. The summed E-state index contributed by atoms with van der Waals surface area (Å²) in [6.45, 7) is 7.04. The lowest BCUT2D eigenvalue weighted by Crippen LogP contribution is -2.63. The van der Waals surface area contributed by atoms with Crippen LogP contribution < -0.4 is 5.32 Å². The lowest BCUT2D eigenvalue weighted by atomic mass is 9.97. The van der Waals surface area contributed by atoms with Crippen LogP contribution in [0.2, 0.25) is 0 Å². The highest BCUT2D eigenvalue weighted by molar-refractivity contribution is 5.91. The van der Waals surface area contributed by atoms with Gasteiger partial charge in [-0.2, -0.15) is 0 Å². The van der Waals surface area contributed by atoms with Crippen molar-refractivity contribution in [2.24, 2.45) is 0 Å². The number of methoxy groups -OCH3 is 1. The third kappa shape index (κ3) is 3.07. The molecule has 122 valence electrons. The van der Waals surface area contributed by atoms with Crippen LogP contribution in [0.5, 0.6) is 0 Å². The van der Waals surface area contributed by atoms with E-state index in [-0.39, 0.29) is 11.6 Å². The third-order valence-electron chi connectivity index (χ3n) is 4.17. The molecule has 3 rings (SSSR count). The summed E-state index contributed by atoms with van der Waals surface area (Å²) in [5, 5.41) is 2.91. The molecule has 6 nitrogen and oxygen atoms in total. The molecule has 2 aromatic rings. The van der Waals surface area contributed by atoms with Crippen molar-refractivity contribution >= 4 is 11.7 Å². The second-order valence-corrected chi connectivity index (χ2v) is 6.26. The molecule has 1 fully saturated rings. The van der Waals surface area contributed by atoms with Crippen LogP contribution in [0.15, 0.2) is 28.9 Å². The molecule has 1 aromatic heterocycles. The minimum Gasteiger partial charge on any atom is -0.444 e. The minimum atomic E-state index is -0.231. The molecule has 2 amide bonds. The number of hydrogen-bond acceptors (Lipinski definition) is 4. The average Bonchev–Trinajstić information content (AvgIpc) is 2.92. The first kappa shape index (κ1) is 15.6. The Bertz CT molecular complexity index is 732. The molecule has 1 N–H and O–H groups in total. The summed E-state index contributed by atoms with van der Waals surface area (Å²) in [5.41, 5.74) is 3.23. The van der Waals surface area contributed by atoms with Gasteiger partial charge in [-0.05, 0) is 38.5 Å². The predicted molar refractivity (Wildman–Crippen MR) is 87.4 cm³/mol. The summed E-state index contributed by atoms with van der Waals surface area (Å²) in [6.07, 6.45) is 1.62. The van der Waals surface area contributed by atoms with Crippen molar-refractivity contribution in [1.82, 2.24) is 9.88 Å². The predicted octanol–water partition coefficient (Wildman–Crippen LogP) is 3.21. The summed E-state index contributed by atoms with van der Waals surface area (Å²) in [6, 6.07) is 5.58.